The van der Waals surface area contributed by atoms with E-state index in [0.717, 1.165) is 31.4 Å². The number of nitrogens with zero attached hydrogens (tertiary/aromatic N) is 1. The van der Waals surface area contributed by atoms with Crippen LogP contribution in [0.5, 0.6) is 0 Å². The standard InChI is InChI=1S/C15H23N3O3/c1-11-14(3-2-4-15(11)18(19)20)17-9-10-21-13-7-5-12(16)6-8-13/h2-4,12-13,17H,5-10,16H2,1H3. The van der Waals surface area contributed by atoms with Gasteiger partial charge in [0.2, 0.25) is 0 Å². The smallest absolute Gasteiger partial charge is 0.274 e. The minimum Gasteiger partial charge on any atom is -0.382 e. The lowest BCUT2D eigenvalue weighted by molar-refractivity contribution is -0.385. The van der Waals surface area contributed by atoms with Crippen molar-refractivity contribution in [1.29, 1.82) is 0 Å². The fourth-order valence-electron chi connectivity index (χ4n) is 2.68. The maximum absolute atomic E-state index is 10.9. The predicted octanol–water partition coefficient (Wildman–Crippen LogP) is 2.60. The molecule has 116 valence electrons. The summed E-state index contributed by atoms with van der Waals surface area (Å²) in [6.45, 7) is 3.00. The fraction of sp³-hybridized carbons (Fsp3) is 0.600. The molecule has 1 aromatic rings. The number of hydrogen-bond donors (Lipinski definition) is 2. The molecular weight excluding hydrogens is 270 g/mol. The quantitative estimate of drug-likeness (QED) is 0.478. The lowest BCUT2D eigenvalue weighted by Gasteiger charge is -2.26. The highest BCUT2D eigenvalue weighted by atomic mass is 16.6. The molecule has 1 fully saturated rings. The highest BCUT2D eigenvalue weighted by Gasteiger charge is 2.18. The monoisotopic (exact) mass is 293 g/mol. The largest absolute Gasteiger partial charge is 0.382 e. The number of rotatable bonds is 6. The third kappa shape index (κ3) is 4.41. The Labute approximate surface area is 124 Å². The predicted molar refractivity (Wildman–Crippen MR) is 82.5 cm³/mol. The summed E-state index contributed by atoms with van der Waals surface area (Å²) >= 11 is 0. The summed E-state index contributed by atoms with van der Waals surface area (Å²) in [4.78, 5) is 10.5. The van der Waals surface area contributed by atoms with Crippen LogP contribution < -0.4 is 11.1 Å². The van der Waals surface area contributed by atoms with Crippen molar-refractivity contribution in [2.45, 2.75) is 44.8 Å². The van der Waals surface area contributed by atoms with Crippen molar-refractivity contribution in [2.75, 3.05) is 18.5 Å². The number of ether oxygens (including phenoxy) is 1. The van der Waals surface area contributed by atoms with Crippen LogP contribution in [0.3, 0.4) is 0 Å². The van der Waals surface area contributed by atoms with E-state index in [4.69, 9.17) is 10.5 Å². The first kappa shape index (κ1) is 15.7. The minimum atomic E-state index is -0.359. The molecule has 0 aromatic heterocycles. The molecule has 1 aliphatic carbocycles. The third-order valence-electron chi connectivity index (χ3n) is 3.99. The number of benzene rings is 1. The van der Waals surface area contributed by atoms with Crippen LogP contribution in [0, 0.1) is 17.0 Å². The Morgan fingerprint density at radius 2 is 2.10 bits per heavy atom. The highest BCUT2D eigenvalue weighted by Crippen LogP contribution is 2.25. The van der Waals surface area contributed by atoms with Gasteiger partial charge in [-0.25, -0.2) is 0 Å². The molecule has 0 spiro atoms. The molecule has 2 rings (SSSR count). The van der Waals surface area contributed by atoms with Crippen LogP contribution in [-0.4, -0.2) is 30.2 Å². The molecule has 0 atom stereocenters. The number of nitro groups is 1. The molecule has 1 aliphatic rings. The van der Waals surface area contributed by atoms with Crippen molar-refractivity contribution in [3.63, 3.8) is 0 Å². The molecule has 0 aliphatic heterocycles. The topological polar surface area (TPSA) is 90.4 Å². The van der Waals surface area contributed by atoms with Gasteiger partial charge in [-0.3, -0.25) is 10.1 Å². The van der Waals surface area contributed by atoms with Gasteiger partial charge in [-0.2, -0.15) is 0 Å². The molecule has 6 heteroatoms. The van der Waals surface area contributed by atoms with Gasteiger partial charge in [-0.1, -0.05) is 6.07 Å². The number of anilines is 1. The molecule has 21 heavy (non-hydrogen) atoms. The molecule has 0 radical (unpaired) electrons. The third-order valence-corrected chi connectivity index (χ3v) is 3.99. The molecule has 0 bridgehead atoms. The van der Waals surface area contributed by atoms with Gasteiger partial charge in [0.25, 0.3) is 5.69 Å². The molecule has 0 amide bonds. The second-order valence-electron chi connectivity index (χ2n) is 5.54. The van der Waals surface area contributed by atoms with E-state index >= 15 is 0 Å². The zero-order valence-corrected chi connectivity index (χ0v) is 12.4. The van der Waals surface area contributed by atoms with Crippen molar-refractivity contribution in [2.24, 2.45) is 5.73 Å². The van der Waals surface area contributed by atoms with Gasteiger partial charge < -0.3 is 15.8 Å². The summed E-state index contributed by atoms with van der Waals surface area (Å²) in [6.07, 6.45) is 4.41. The molecule has 1 saturated carbocycles. The van der Waals surface area contributed by atoms with Crippen LogP contribution in [0.1, 0.15) is 31.2 Å². The van der Waals surface area contributed by atoms with Crippen LogP contribution in [0.4, 0.5) is 11.4 Å². The van der Waals surface area contributed by atoms with Crippen LogP contribution in [0.2, 0.25) is 0 Å². The summed E-state index contributed by atoms with van der Waals surface area (Å²) < 4.78 is 5.82. The Morgan fingerprint density at radius 3 is 2.76 bits per heavy atom. The van der Waals surface area contributed by atoms with E-state index in [1.807, 2.05) is 6.07 Å². The summed E-state index contributed by atoms with van der Waals surface area (Å²) in [5, 5.41) is 14.1. The van der Waals surface area contributed by atoms with Gasteiger partial charge >= 0.3 is 0 Å². The minimum absolute atomic E-state index is 0.141. The van der Waals surface area contributed by atoms with Crippen molar-refractivity contribution in [3.05, 3.63) is 33.9 Å². The maximum atomic E-state index is 10.9. The molecule has 0 heterocycles. The molecule has 6 nitrogen and oxygen atoms in total. The van der Waals surface area contributed by atoms with Gasteiger partial charge in [-0.05, 0) is 38.7 Å². The number of hydrogen-bond acceptors (Lipinski definition) is 5. The average molecular weight is 293 g/mol. The lowest BCUT2D eigenvalue weighted by Crippen LogP contribution is -2.31. The first-order chi connectivity index (χ1) is 10.1. The van der Waals surface area contributed by atoms with E-state index < -0.39 is 0 Å². The van der Waals surface area contributed by atoms with E-state index in [1.54, 1.807) is 13.0 Å². The second-order valence-corrected chi connectivity index (χ2v) is 5.54. The maximum Gasteiger partial charge on any atom is 0.274 e. The van der Waals surface area contributed by atoms with Crippen molar-refractivity contribution in [1.82, 2.24) is 0 Å². The Balaban J connectivity index is 1.76. The summed E-state index contributed by atoms with van der Waals surface area (Å²) in [7, 11) is 0. The van der Waals surface area contributed by atoms with E-state index in [-0.39, 0.29) is 10.6 Å². The normalized spacial score (nSPS) is 22.0. The molecule has 1 aromatic carbocycles. The summed E-state index contributed by atoms with van der Waals surface area (Å²) in [5.74, 6) is 0. The zero-order chi connectivity index (χ0) is 15.2. The van der Waals surface area contributed by atoms with Crippen molar-refractivity contribution >= 4 is 11.4 Å². The number of nitro benzene ring substituents is 1. The molecule has 0 unspecified atom stereocenters. The Hall–Kier alpha value is -1.66. The van der Waals surface area contributed by atoms with Gasteiger partial charge in [0, 0.05) is 29.9 Å². The van der Waals surface area contributed by atoms with Gasteiger partial charge in [0.15, 0.2) is 0 Å². The summed E-state index contributed by atoms with van der Waals surface area (Å²) in [5.41, 5.74) is 7.45. The number of nitrogens with two attached hydrogens (primary N) is 1. The molecule has 0 saturated heterocycles. The van der Waals surface area contributed by atoms with E-state index in [9.17, 15) is 10.1 Å². The van der Waals surface area contributed by atoms with E-state index in [2.05, 4.69) is 5.32 Å². The zero-order valence-electron chi connectivity index (χ0n) is 12.4. The van der Waals surface area contributed by atoms with Crippen LogP contribution >= 0.6 is 0 Å². The highest BCUT2D eigenvalue weighted by molar-refractivity contribution is 5.59. The van der Waals surface area contributed by atoms with Crippen molar-refractivity contribution in [3.8, 4) is 0 Å². The van der Waals surface area contributed by atoms with Crippen LogP contribution in [0.15, 0.2) is 18.2 Å². The summed E-state index contributed by atoms with van der Waals surface area (Å²) in [6, 6.07) is 5.39. The number of nitrogens with one attached hydrogen (secondary N) is 1. The van der Waals surface area contributed by atoms with Crippen LogP contribution in [-0.2, 0) is 4.74 Å². The Kier molecular flexibility index (Phi) is 5.52. The molecular formula is C15H23N3O3. The van der Waals surface area contributed by atoms with E-state index in [0.29, 0.717) is 30.9 Å². The lowest BCUT2D eigenvalue weighted by atomic mass is 9.94. The molecule has 3 N–H and O–H groups in total. The van der Waals surface area contributed by atoms with Gasteiger partial charge in [0.05, 0.1) is 17.6 Å². The first-order valence-corrected chi connectivity index (χ1v) is 7.43. The second kappa shape index (κ2) is 7.38. The fourth-order valence-corrected chi connectivity index (χ4v) is 2.68. The first-order valence-electron chi connectivity index (χ1n) is 7.43. The van der Waals surface area contributed by atoms with Gasteiger partial charge in [-0.15, -0.1) is 0 Å². The Bertz CT molecular complexity index is 485. The van der Waals surface area contributed by atoms with E-state index in [1.165, 1.54) is 6.07 Å². The van der Waals surface area contributed by atoms with Crippen molar-refractivity contribution < 1.29 is 9.66 Å². The Morgan fingerprint density at radius 1 is 1.38 bits per heavy atom. The average Bonchev–Trinajstić information content (AvgIpc) is 2.46. The van der Waals surface area contributed by atoms with Gasteiger partial charge in [0.1, 0.15) is 0 Å². The SMILES string of the molecule is Cc1c(NCCOC2CCC(N)CC2)cccc1[N+](=O)[O-]. The van der Waals surface area contributed by atoms with Crippen LogP contribution in [0.25, 0.3) is 0 Å².